The van der Waals surface area contributed by atoms with Crippen LogP contribution < -0.4 is 5.32 Å². The highest BCUT2D eigenvalue weighted by molar-refractivity contribution is 6.05. The molecule has 0 bridgehead atoms. The van der Waals surface area contributed by atoms with Crippen molar-refractivity contribution in [3.05, 3.63) is 65.2 Å². The van der Waals surface area contributed by atoms with Crippen LogP contribution in [0.4, 0.5) is 14.5 Å². The minimum atomic E-state index is -2.73. The first-order valence-corrected chi connectivity index (χ1v) is 8.22. The summed E-state index contributed by atoms with van der Waals surface area (Å²) in [7, 11) is 0. The third-order valence-corrected chi connectivity index (χ3v) is 4.00. The number of anilines is 1. The molecular formula is C20H23F2NO2. The van der Waals surface area contributed by atoms with Crippen LogP contribution in [0.2, 0.25) is 0 Å². The van der Waals surface area contributed by atoms with E-state index in [-0.39, 0.29) is 17.0 Å². The first kappa shape index (κ1) is 19.1. The van der Waals surface area contributed by atoms with Gasteiger partial charge >= 0.3 is 0 Å². The predicted molar refractivity (Wildman–Crippen MR) is 94.8 cm³/mol. The van der Waals surface area contributed by atoms with Crippen LogP contribution >= 0.6 is 0 Å². The SMILES string of the molecule is CC(C)CC(C)(O)c1ccccc1NC(=O)c1ccccc1C(F)F. The lowest BCUT2D eigenvalue weighted by molar-refractivity contribution is 0.0355. The van der Waals surface area contributed by atoms with Crippen molar-refractivity contribution in [3.63, 3.8) is 0 Å². The third kappa shape index (κ3) is 4.63. The van der Waals surface area contributed by atoms with Gasteiger partial charge in [0.25, 0.3) is 12.3 Å². The summed E-state index contributed by atoms with van der Waals surface area (Å²) in [5, 5.41) is 13.5. The molecule has 1 unspecified atom stereocenters. The van der Waals surface area contributed by atoms with E-state index in [9.17, 15) is 18.7 Å². The maximum absolute atomic E-state index is 13.1. The zero-order valence-corrected chi connectivity index (χ0v) is 14.6. The summed E-state index contributed by atoms with van der Waals surface area (Å²) in [4.78, 5) is 12.5. The van der Waals surface area contributed by atoms with Gasteiger partial charge in [-0.1, -0.05) is 50.2 Å². The van der Waals surface area contributed by atoms with E-state index < -0.39 is 17.9 Å². The Kier molecular flexibility index (Phi) is 5.90. The van der Waals surface area contributed by atoms with Crippen molar-refractivity contribution < 1.29 is 18.7 Å². The number of aliphatic hydroxyl groups is 1. The molecule has 5 heteroatoms. The van der Waals surface area contributed by atoms with Crippen LogP contribution in [0.15, 0.2) is 48.5 Å². The summed E-state index contributed by atoms with van der Waals surface area (Å²) in [6, 6.07) is 12.5. The van der Waals surface area contributed by atoms with Gasteiger partial charge in [-0.2, -0.15) is 0 Å². The maximum atomic E-state index is 13.1. The largest absolute Gasteiger partial charge is 0.385 e. The van der Waals surface area contributed by atoms with Gasteiger partial charge in [0, 0.05) is 22.4 Å². The molecule has 3 nitrogen and oxygen atoms in total. The van der Waals surface area contributed by atoms with E-state index in [1.807, 2.05) is 13.8 Å². The molecule has 0 radical (unpaired) electrons. The molecule has 2 aromatic carbocycles. The Bertz CT molecular complexity index is 742. The van der Waals surface area contributed by atoms with Gasteiger partial charge in [-0.15, -0.1) is 0 Å². The van der Waals surface area contributed by atoms with Gasteiger partial charge in [-0.25, -0.2) is 8.78 Å². The summed E-state index contributed by atoms with van der Waals surface area (Å²) < 4.78 is 26.2. The van der Waals surface area contributed by atoms with Gasteiger partial charge in [0.1, 0.15) is 0 Å². The highest BCUT2D eigenvalue weighted by atomic mass is 19.3. The number of hydrogen-bond acceptors (Lipinski definition) is 2. The summed E-state index contributed by atoms with van der Waals surface area (Å²) in [6.45, 7) is 5.67. The van der Waals surface area contributed by atoms with E-state index in [1.165, 1.54) is 18.2 Å². The molecule has 2 rings (SSSR count). The van der Waals surface area contributed by atoms with Crippen molar-refractivity contribution in [2.45, 2.75) is 39.2 Å². The molecule has 1 atom stereocenters. The highest BCUT2D eigenvalue weighted by Gasteiger charge is 2.28. The van der Waals surface area contributed by atoms with E-state index in [0.29, 0.717) is 17.7 Å². The number of amides is 1. The monoisotopic (exact) mass is 347 g/mol. The number of benzene rings is 2. The number of nitrogens with one attached hydrogen (secondary N) is 1. The zero-order chi connectivity index (χ0) is 18.6. The molecule has 0 fully saturated rings. The molecule has 2 aromatic rings. The Morgan fingerprint density at radius 3 is 2.36 bits per heavy atom. The summed E-state index contributed by atoms with van der Waals surface area (Å²) >= 11 is 0. The number of halogens is 2. The quantitative estimate of drug-likeness (QED) is 0.761. The Hall–Kier alpha value is -2.27. The van der Waals surface area contributed by atoms with Gasteiger partial charge in [0.15, 0.2) is 0 Å². The molecule has 1 amide bonds. The first-order chi connectivity index (χ1) is 11.7. The van der Waals surface area contributed by atoms with Gasteiger partial charge in [0.2, 0.25) is 0 Å². The Morgan fingerprint density at radius 1 is 1.12 bits per heavy atom. The lowest BCUT2D eigenvalue weighted by Gasteiger charge is -2.28. The fraction of sp³-hybridized carbons (Fsp3) is 0.350. The lowest BCUT2D eigenvalue weighted by Crippen LogP contribution is -2.26. The summed E-state index contributed by atoms with van der Waals surface area (Å²) in [5.74, 6) is -0.373. The molecule has 0 aromatic heterocycles. The molecule has 0 spiro atoms. The number of para-hydroxylation sites is 1. The second kappa shape index (κ2) is 7.74. The molecule has 0 saturated carbocycles. The Morgan fingerprint density at radius 2 is 1.72 bits per heavy atom. The number of hydrogen-bond donors (Lipinski definition) is 2. The number of carbonyl (C=O) groups is 1. The highest BCUT2D eigenvalue weighted by Crippen LogP contribution is 2.34. The molecule has 134 valence electrons. The smallest absolute Gasteiger partial charge is 0.264 e. The summed E-state index contributed by atoms with van der Waals surface area (Å²) in [5.41, 5.74) is -0.545. The van der Waals surface area contributed by atoms with E-state index in [0.717, 1.165) is 0 Å². The fourth-order valence-electron chi connectivity index (χ4n) is 3.05. The van der Waals surface area contributed by atoms with Crippen LogP contribution in [-0.4, -0.2) is 11.0 Å². The normalized spacial score (nSPS) is 13.8. The summed E-state index contributed by atoms with van der Waals surface area (Å²) in [6.07, 6.45) is -2.23. The number of carbonyl (C=O) groups excluding carboxylic acids is 1. The zero-order valence-electron chi connectivity index (χ0n) is 14.6. The molecule has 0 saturated heterocycles. The van der Waals surface area contributed by atoms with Crippen molar-refractivity contribution in [2.24, 2.45) is 5.92 Å². The van der Waals surface area contributed by atoms with E-state index >= 15 is 0 Å². The van der Waals surface area contributed by atoms with Crippen molar-refractivity contribution >= 4 is 11.6 Å². The van der Waals surface area contributed by atoms with E-state index in [4.69, 9.17) is 0 Å². The third-order valence-electron chi connectivity index (χ3n) is 4.00. The Labute approximate surface area is 146 Å². The van der Waals surface area contributed by atoms with Crippen LogP contribution in [0.3, 0.4) is 0 Å². The predicted octanol–water partition coefficient (Wildman–Crippen LogP) is 5.13. The van der Waals surface area contributed by atoms with Crippen LogP contribution in [0.1, 0.15) is 55.1 Å². The average molecular weight is 347 g/mol. The molecule has 0 aliphatic heterocycles. The van der Waals surface area contributed by atoms with Crippen LogP contribution in [0.25, 0.3) is 0 Å². The van der Waals surface area contributed by atoms with Gasteiger partial charge in [-0.3, -0.25) is 4.79 Å². The topological polar surface area (TPSA) is 49.3 Å². The lowest BCUT2D eigenvalue weighted by atomic mass is 9.86. The number of rotatable bonds is 6. The van der Waals surface area contributed by atoms with Crippen molar-refractivity contribution in [3.8, 4) is 0 Å². The van der Waals surface area contributed by atoms with Crippen LogP contribution in [0.5, 0.6) is 0 Å². The minimum Gasteiger partial charge on any atom is -0.385 e. The Balaban J connectivity index is 2.34. The van der Waals surface area contributed by atoms with Gasteiger partial charge in [-0.05, 0) is 31.4 Å². The molecule has 25 heavy (non-hydrogen) atoms. The first-order valence-electron chi connectivity index (χ1n) is 8.22. The van der Waals surface area contributed by atoms with Crippen molar-refractivity contribution in [1.29, 1.82) is 0 Å². The molecule has 0 aliphatic carbocycles. The van der Waals surface area contributed by atoms with Crippen molar-refractivity contribution in [1.82, 2.24) is 0 Å². The van der Waals surface area contributed by atoms with E-state index in [1.54, 1.807) is 37.3 Å². The number of alkyl halides is 2. The van der Waals surface area contributed by atoms with Crippen LogP contribution in [0, 0.1) is 5.92 Å². The second-order valence-corrected chi connectivity index (χ2v) is 6.76. The molecular weight excluding hydrogens is 324 g/mol. The van der Waals surface area contributed by atoms with Gasteiger partial charge in [0.05, 0.1) is 5.60 Å². The van der Waals surface area contributed by atoms with Gasteiger partial charge < -0.3 is 10.4 Å². The average Bonchev–Trinajstić information content (AvgIpc) is 2.54. The fourth-order valence-corrected chi connectivity index (χ4v) is 3.05. The standard InChI is InChI=1S/C20H23F2NO2/c1-13(2)12-20(3,25)16-10-6-7-11-17(16)23-19(24)15-9-5-4-8-14(15)18(21)22/h4-11,13,18,25H,12H2,1-3H3,(H,23,24). The maximum Gasteiger partial charge on any atom is 0.264 e. The molecule has 0 aliphatic rings. The molecule has 2 N–H and O–H groups in total. The van der Waals surface area contributed by atoms with E-state index in [2.05, 4.69) is 5.32 Å². The van der Waals surface area contributed by atoms with Crippen molar-refractivity contribution in [2.75, 3.05) is 5.32 Å². The van der Waals surface area contributed by atoms with Crippen LogP contribution in [-0.2, 0) is 5.60 Å². The second-order valence-electron chi connectivity index (χ2n) is 6.76. The molecule has 0 heterocycles. The minimum absolute atomic E-state index is 0.0733.